The third kappa shape index (κ3) is 6.21. The maximum Gasteiger partial charge on any atom is 0.256 e. The Kier molecular flexibility index (Phi) is 8.02. The van der Waals surface area contributed by atoms with Crippen LogP contribution in [-0.2, 0) is 9.53 Å². The summed E-state index contributed by atoms with van der Waals surface area (Å²) < 4.78 is 6.99. The fourth-order valence-corrected chi connectivity index (χ4v) is 5.91. The number of hydrogen-bond acceptors (Lipinski definition) is 7. The number of aryl methyl sites for hydroxylation is 1. The summed E-state index contributed by atoms with van der Waals surface area (Å²) in [4.78, 5) is 44.8. The molecule has 1 fully saturated rings. The second kappa shape index (κ2) is 11.8. The van der Waals surface area contributed by atoms with E-state index in [1.165, 1.54) is 23.1 Å². The summed E-state index contributed by atoms with van der Waals surface area (Å²) >= 11 is 2.83. The van der Waals surface area contributed by atoms with E-state index < -0.39 is 0 Å². The van der Waals surface area contributed by atoms with E-state index in [0.717, 1.165) is 25.8 Å². The van der Waals surface area contributed by atoms with E-state index in [9.17, 15) is 14.4 Å². The molecule has 0 spiro atoms. The van der Waals surface area contributed by atoms with Crippen molar-refractivity contribution in [2.45, 2.75) is 11.3 Å². The molecule has 194 valence electrons. The fraction of sp³-hybridized carbons (Fsp3) is 0.214. The van der Waals surface area contributed by atoms with Gasteiger partial charge >= 0.3 is 0 Å². The zero-order valence-corrected chi connectivity index (χ0v) is 22.4. The van der Waals surface area contributed by atoms with E-state index in [0.29, 0.717) is 43.1 Å². The van der Waals surface area contributed by atoms with Crippen LogP contribution in [0.4, 0.5) is 11.4 Å². The number of carbonyl (C=O) groups excluding carboxylic acids is 3. The number of amides is 3. The van der Waals surface area contributed by atoms with Crippen molar-refractivity contribution >= 4 is 62.4 Å². The lowest BCUT2D eigenvalue weighted by Crippen LogP contribution is -2.41. The smallest absolute Gasteiger partial charge is 0.256 e. The molecule has 8 nitrogen and oxygen atoms in total. The number of rotatable bonds is 7. The Hall–Kier alpha value is -3.73. The van der Waals surface area contributed by atoms with Crippen LogP contribution in [0.5, 0.6) is 0 Å². The zero-order valence-electron chi connectivity index (χ0n) is 20.7. The Bertz CT molecular complexity index is 1480. The summed E-state index contributed by atoms with van der Waals surface area (Å²) in [7, 11) is 0. The maximum absolute atomic E-state index is 13.1. The van der Waals surface area contributed by atoms with Crippen LogP contribution in [0.2, 0.25) is 0 Å². The molecule has 2 N–H and O–H groups in total. The summed E-state index contributed by atoms with van der Waals surface area (Å²) in [5, 5.41) is 5.80. The molecule has 10 heteroatoms. The van der Waals surface area contributed by atoms with Gasteiger partial charge in [-0.05, 0) is 49.4 Å². The van der Waals surface area contributed by atoms with Crippen LogP contribution in [0.15, 0.2) is 71.1 Å². The molecule has 0 saturated carbocycles. The van der Waals surface area contributed by atoms with Gasteiger partial charge in [0.1, 0.15) is 0 Å². The van der Waals surface area contributed by atoms with Crippen molar-refractivity contribution in [1.29, 1.82) is 0 Å². The fourth-order valence-electron chi connectivity index (χ4n) is 4.01. The molecule has 1 aliphatic rings. The monoisotopic (exact) mass is 546 g/mol. The highest BCUT2D eigenvalue weighted by Crippen LogP contribution is 2.31. The molecule has 0 radical (unpaired) electrons. The van der Waals surface area contributed by atoms with Crippen molar-refractivity contribution in [1.82, 2.24) is 9.88 Å². The molecule has 38 heavy (non-hydrogen) atoms. The summed E-state index contributed by atoms with van der Waals surface area (Å²) in [5.41, 5.74) is 3.98. The average molecular weight is 547 g/mol. The quantitative estimate of drug-likeness (QED) is 0.314. The number of ether oxygens (including phenoxy) is 1. The molecule has 0 bridgehead atoms. The van der Waals surface area contributed by atoms with E-state index in [-0.39, 0.29) is 23.5 Å². The SMILES string of the molecule is Cc1ccc(NC(=O)CSc2nc3ccc(NC(=O)c4ccccc4C(=O)N4CCOCC4)cc3s2)cc1. The molecule has 0 aliphatic carbocycles. The second-order valence-electron chi connectivity index (χ2n) is 8.77. The van der Waals surface area contributed by atoms with Crippen LogP contribution in [-0.4, -0.2) is 59.7 Å². The van der Waals surface area contributed by atoms with Crippen LogP contribution < -0.4 is 10.6 Å². The summed E-state index contributed by atoms with van der Waals surface area (Å²) in [6, 6.07) is 20.0. The lowest BCUT2D eigenvalue weighted by atomic mass is 10.0. The van der Waals surface area contributed by atoms with Crippen molar-refractivity contribution in [3.05, 3.63) is 83.4 Å². The first kappa shape index (κ1) is 25.9. The van der Waals surface area contributed by atoms with Gasteiger partial charge in [-0.1, -0.05) is 41.6 Å². The Balaban J connectivity index is 1.23. The van der Waals surface area contributed by atoms with Crippen LogP contribution >= 0.6 is 23.1 Å². The van der Waals surface area contributed by atoms with Gasteiger partial charge in [0.25, 0.3) is 11.8 Å². The number of benzene rings is 3. The van der Waals surface area contributed by atoms with Crippen LogP contribution in [0.3, 0.4) is 0 Å². The highest BCUT2D eigenvalue weighted by atomic mass is 32.2. The van der Waals surface area contributed by atoms with Crippen LogP contribution in [0.25, 0.3) is 10.2 Å². The van der Waals surface area contributed by atoms with Gasteiger partial charge in [0, 0.05) is 24.5 Å². The number of thioether (sulfide) groups is 1. The Morgan fingerprint density at radius 2 is 1.66 bits per heavy atom. The van der Waals surface area contributed by atoms with Gasteiger partial charge in [-0.15, -0.1) is 11.3 Å². The molecule has 4 aromatic rings. The third-order valence-corrected chi connectivity index (χ3v) is 8.15. The predicted octanol–water partition coefficient (Wildman–Crippen LogP) is 5.06. The lowest BCUT2D eigenvalue weighted by Gasteiger charge is -2.27. The lowest BCUT2D eigenvalue weighted by molar-refractivity contribution is -0.113. The second-order valence-corrected chi connectivity index (χ2v) is 11.0. The molecule has 5 rings (SSSR count). The molecule has 0 unspecified atom stereocenters. The Morgan fingerprint density at radius 1 is 0.947 bits per heavy atom. The van der Waals surface area contributed by atoms with Crippen molar-refractivity contribution in [2.75, 3.05) is 42.7 Å². The topological polar surface area (TPSA) is 101 Å². The molecular formula is C28H26N4O4S2. The minimum atomic E-state index is -0.353. The number of carbonyl (C=O) groups is 3. The van der Waals surface area contributed by atoms with Gasteiger partial charge in [-0.2, -0.15) is 0 Å². The highest BCUT2D eigenvalue weighted by Gasteiger charge is 2.23. The number of hydrogen-bond donors (Lipinski definition) is 2. The minimum absolute atomic E-state index is 0.101. The average Bonchev–Trinajstić information content (AvgIpc) is 3.35. The largest absolute Gasteiger partial charge is 0.378 e. The van der Waals surface area contributed by atoms with Gasteiger partial charge in [0.05, 0.1) is 40.3 Å². The van der Waals surface area contributed by atoms with Crippen molar-refractivity contribution in [3.63, 3.8) is 0 Å². The Morgan fingerprint density at radius 3 is 2.42 bits per heavy atom. The number of nitrogens with one attached hydrogen (secondary N) is 2. The molecular weight excluding hydrogens is 520 g/mol. The number of thiazole rings is 1. The van der Waals surface area contributed by atoms with Gasteiger partial charge in [-0.25, -0.2) is 4.98 Å². The molecule has 3 aromatic carbocycles. The standard InChI is InChI=1S/C28H26N4O4S2/c1-18-6-8-19(9-7-18)29-25(33)17-37-28-31-23-11-10-20(16-24(23)38-28)30-26(34)21-4-2-3-5-22(21)27(35)32-12-14-36-15-13-32/h2-11,16H,12-15,17H2,1H3,(H,29,33)(H,30,34). The first-order valence-electron chi connectivity index (χ1n) is 12.1. The van der Waals surface area contributed by atoms with Crippen molar-refractivity contribution < 1.29 is 19.1 Å². The van der Waals surface area contributed by atoms with Gasteiger partial charge in [0.2, 0.25) is 5.91 Å². The normalized spacial score (nSPS) is 13.3. The van der Waals surface area contributed by atoms with E-state index >= 15 is 0 Å². The van der Waals surface area contributed by atoms with Crippen molar-refractivity contribution in [2.24, 2.45) is 0 Å². The van der Waals surface area contributed by atoms with Crippen molar-refractivity contribution in [3.8, 4) is 0 Å². The third-order valence-electron chi connectivity index (χ3n) is 5.99. The number of morpholine rings is 1. The van der Waals surface area contributed by atoms with Gasteiger partial charge in [-0.3, -0.25) is 14.4 Å². The zero-order chi connectivity index (χ0) is 26.5. The van der Waals surface area contributed by atoms with E-state index in [4.69, 9.17) is 4.74 Å². The summed E-state index contributed by atoms with van der Waals surface area (Å²) in [6.07, 6.45) is 0. The molecule has 0 atom stereocenters. The predicted molar refractivity (Wildman–Crippen MR) is 151 cm³/mol. The van der Waals surface area contributed by atoms with E-state index in [1.54, 1.807) is 35.2 Å². The Labute approximate surface area is 228 Å². The first-order chi connectivity index (χ1) is 18.5. The number of anilines is 2. The number of fused-ring (bicyclic) bond motifs is 1. The van der Waals surface area contributed by atoms with Gasteiger partial charge < -0.3 is 20.3 Å². The molecule has 3 amide bonds. The summed E-state index contributed by atoms with van der Waals surface area (Å²) in [5.74, 6) is -0.388. The highest BCUT2D eigenvalue weighted by molar-refractivity contribution is 8.01. The van der Waals surface area contributed by atoms with Crippen LogP contribution in [0, 0.1) is 6.92 Å². The van der Waals surface area contributed by atoms with Crippen LogP contribution in [0.1, 0.15) is 26.3 Å². The maximum atomic E-state index is 13.1. The van der Waals surface area contributed by atoms with E-state index in [1.807, 2.05) is 43.3 Å². The number of nitrogens with zero attached hydrogens (tertiary/aromatic N) is 2. The molecule has 1 aliphatic heterocycles. The van der Waals surface area contributed by atoms with Gasteiger partial charge in [0.15, 0.2) is 4.34 Å². The molecule has 1 aromatic heterocycles. The molecule has 2 heterocycles. The number of aromatic nitrogens is 1. The first-order valence-corrected chi connectivity index (χ1v) is 13.9. The summed E-state index contributed by atoms with van der Waals surface area (Å²) in [6.45, 7) is 3.99. The molecule has 1 saturated heterocycles. The minimum Gasteiger partial charge on any atom is -0.378 e. The van der Waals surface area contributed by atoms with E-state index in [2.05, 4.69) is 15.6 Å².